The lowest BCUT2D eigenvalue weighted by molar-refractivity contribution is -0.142. The number of nitrogens with one attached hydrogen (secondary N) is 4. The number of hydrogen-bond donors (Lipinski definition) is 6. The molecule has 3 atom stereocenters. The number of carbonyl (C=O) groups excluding carboxylic acids is 3. The van der Waals surface area contributed by atoms with Gasteiger partial charge in [0.2, 0.25) is 17.7 Å². The van der Waals surface area contributed by atoms with Gasteiger partial charge >= 0.3 is 0 Å². The van der Waals surface area contributed by atoms with Crippen molar-refractivity contribution in [2.45, 2.75) is 73.7 Å². The summed E-state index contributed by atoms with van der Waals surface area (Å²) in [5, 5.41) is 11.1. The molecule has 1 aliphatic heterocycles. The Labute approximate surface area is 313 Å². The number of aromatic amines is 1. The van der Waals surface area contributed by atoms with Crippen molar-refractivity contribution in [2.75, 3.05) is 20.1 Å². The second-order valence-corrected chi connectivity index (χ2v) is 14.2. The van der Waals surface area contributed by atoms with Gasteiger partial charge in [-0.3, -0.25) is 19.4 Å². The molecule has 0 saturated carbocycles. The quantitative estimate of drug-likeness (QED) is 0.138. The fourth-order valence-electron chi connectivity index (χ4n) is 6.52. The average Bonchev–Trinajstić information content (AvgIpc) is 3.59. The average molecular weight is 735 g/mol. The molecule has 5 aromatic rings. The summed E-state index contributed by atoms with van der Waals surface area (Å²) in [5.74, 6) is -1.18. The van der Waals surface area contributed by atoms with Gasteiger partial charge in [-0.1, -0.05) is 36.0 Å². The Balaban J connectivity index is 1.38. The molecule has 8 N–H and O–H groups in total. The first-order valence-corrected chi connectivity index (χ1v) is 18.6. The maximum absolute atomic E-state index is 14.3. The van der Waals surface area contributed by atoms with E-state index in [-0.39, 0.29) is 24.9 Å². The van der Waals surface area contributed by atoms with E-state index >= 15 is 0 Å². The van der Waals surface area contributed by atoms with Crippen molar-refractivity contribution in [1.82, 2.24) is 40.8 Å². The highest BCUT2D eigenvalue weighted by atomic mass is 32.2. The van der Waals surface area contributed by atoms with E-state index in [1.165, 1.54) is 16.7 Å². The summed E-state index contributed by atoms with van der Waals surface area (Å²) in [6.45, 7) is 2.62. The highest BCUT2D eigenvalue weighted by Gasteiger charge is 2.33. The second-order valence-electron chi connectivity index (χ2n) is 13.1. The first-order chi connectivity index (χ1) is 25.7. The van der Waals surface area contributed by atoms with Gasteiger partial charge in [0.1, 0.15) is 17.1 Å². The number of nitrogens with two attached hydrogens (primary N) is 2. The number of likely N-dealkylation sites (N-methyl/N-ethyl adjacent to an activating group) is 1. The minimum Gasteiger partial charge on any atom is -0.361 e. The molecule has 0 aliphatic carbocycles. The Morgan fingerprint density at radius 1 is 0.925 bits per heavy atom. The van der Waals surface area contributed by atoms with Crippen LogP contribution in [-0.2, 0) is 33.9 Å². The van der Waals surface area contributed by atoms with E-state index in [1.54, 1.807) is 19.4 Å². The molecular formula is C39H46N10O3S. The van der Waals surface area contributed by atoms with E-state index in [1.807, 2.05) is 73.8 Å². The molecule has 1 aliphatic rings. The largest absolute Gasteiger partial charge is 0.361 e. The molecule has 6 rings (SSSR count). The summed E-state index contributed by atoms with van der Waals surface area (Å²) >= 11 is 1.44. The van der Waals surface area contributed by atoms with E-state index in [0.29, 0.717) is 44.5 Å². The minimum absolute atomic E-state index is 0.101. The minimum atomic E-state index is -1.05. The molecule has 276 valence electrons. The van der Waals surface area contributed by atoms with Crippen LogP contribution in [0.15, 0.2) is 89.2 Å². The Kier molecular flexibility index (Phi) is 12.5. The van der Waals surface area contributed by atoms with Crippen molar-refractivity contribution in [1.29, 1.82) is 0 Å². The van der Waals surface area contributed by atoms with Crippen LogP contribution < -0.4 is 27.4 Å². The third kappa shape index (κ3) is 9.08. The van der Waals surface area contributed by atoms with Crippen molar-refractivity contribution in [3.63, 3.8) is 0 Å². The van der Waals surface area contributed by atoms with Gasteiger partial charge in [0, 0.05) is 65.8 Å². The highest BCUT2D eigenvalue weighted by Crippen LogP contribution is 2.33. The topological polar surface area (TPSA) is 197 Å². The molecule has 0 spiro atoms. The lowest BCUT2D eigenvalue weighted by atomic mass is 10.0. The van der Waals surface area contributed by atoms with Gasteiger partial charge in [-0.15, -0.1) is 0 Å². The summed E-state index contributed by atoms with van der Waals surface area (Å²) in [6.07, 6.45) is 7.29. The van der Waals surface area contributed by atoms with Crippen LogP contribution in [0.2, 0.25) is 0 Å². The Bertz CT molecular complexity index is 2070. The zero-order valence-corrected chi connectivity index (χ0v) is 30.8. The van der Waals surface area contributed by atoms with Gasteiger partial charge in [-0.25, -0.2) is 9.97 Å². The number of rotatable bonds is 8. The first kappa shape index (κ1) is 37.6. The molecule has 13 nitrogen and oxygen atoms in total. The summed E-state index contributed by atoms with van der Waals surface area (Å²) in [4.78, 5) is 61.6. The molecule has 1 aromatic carbocycles. The van der Waals surface area contributed by atoms with Crippen molar-refractivity contribution < 1.29 is 14.4 Å². The number of H-pyrrole nitrogens is 1. The highest BCUT2D eigenvalue weighted by molar-refractivity contribution is 7.99. The molecule has 0 unspecified atom stereocenters. The number of aromatic nitrogens is 4. The monoisotopic (exact) mass is 734 g/mol. The lowest BCUT2D eigenvalue weighted by Gasteiger charge is -2.31. The summed E-state index contributed by atoms with van der Waals surface area (Å²) < 4.78 is 0. The number of pyridine rings is 3. The third-order valence-corrected chi connectivity index (χ3v) is 10.6. The van der Waals surface area contributed by atoms with Gasteiger partial charge in [-0.05, 0) is 86.7 Å². The van der Waals surface area contributed by atoms with Crippen LogP contribution in [0.3, 0.4) is 0 Å². The van der Waals surface area contributed by atoms with Crippen LogP contribution in [-0.4, -0.2) is 80.8 Å². The number of fused-ring (bicyclic) bond motifs is 3. The fraction of sp³-hybridized carbons (Fsp3) is 0.333. The normalized spacial score (nSPS) is 18.9. The van der Waals surface area contributed by atoms with Crippen molar-refractivity contribution in [2.24, 2.45) is 11.5 Å². The van der Waals surface area contributed by atoms with Crippen LogP contribution >= 0.6 is 11.8 Å². The Hall–Kier alpha value is -5.15. The molecule has 3 amide bonds. The SMILES string of the molecule is Cc1cc(-c2ccc3c(n2)CNC(=O)[C@H](CCc2c[nH]c4ccccc24)N(C)C(=O)[C@H](CN)NC(=O)[C@H](CCCN)NCc2cccnc2S3)ccn1. The second kappa shape index (κ2) is 17.6. The zero-order chi connectivity index (χ0) is 37.3. The predicted octanol–water partition coefficient (Wildman–Crippen LogP) is 3.21. The van der Waals surface area contributed by atoms with E-state index in [9.17, 15) is 14.4 Å². The van der Waals surface area contributed by atoms with Crippen LogP contribution in [0.1, 0.15) is 41.8 Å². The van der Waals surface area contributed by atoms with Crippen molar-refractivity contribution in [3.05, 3.63) is 102 Å². The van der Waals surface area contributed by atoms with Crippen LogP contribution in [0.25, 0.3) is 22.2 Å². The molecular weight excluding hydrogens is 689 g/mol. The summed E-state index contributed by atoms with van der Waals surface area (Å²) in [7, 11) is 1.59. The summed E-state index contributed by atoms with van der Waals surface area (Å²) in [5.41, 5.74) is 18.0. The van der Waals surface area contributed by atoms with Gasteiger partial charge in [0.25, 0.3) is 0 Å². The number of para-hydroxylation sites is 1. The maximum atomic E-state index is 14.3. The Morgan fingerprint density at radius 2 is 1.77 bits per heavy atom. The first-order valence-electron chi connectivity index (χ1n) is 17.8. The van der Waals surface area contributed by atoms with Crippen LogP contribution in [0.4, 0.5) is 0 Å². The molecule has 0 radical (unpaired) electrons. The standard InChI is InChI=1S/C39H46N10O3S/c1-24-19-25(15-18-42-24)29-12-14-35-33(47-29)23-46-37(51)34(13-11-26-21-44-30-9-4-3-8-28(26)30)49(2)39(52)32(20-41)48-36(50)31(10-5-16-40)45-22-27-7-6-17-43-38(27)53-35/h3-4,6-9,12,14-15,17-19,21,31-32,34,44-45H,5,10-11,13,16,20,22-23,40-41H2,1-2H3,(H,46,51)(H,48,50)/t31-,32-,34-/m0/s1. The number of nitrogens with zero attached hydrogens (tertiary/aromatic N) is 4. The molecule has 0 fully saturated rings. The van der Waals surface area contributed by atoms with Gasteiger partial charge in [0.15, 0.2) is 0 Å². The maximum Gasteiger partial charge on any atom is 0.246 e. The number of amides is 3. The molecule has 5 heterocycles. The van der Waals surface area contributed by atoms with E-state index < -0.39 is 24.0 Å². The van der Waals surface area contributed by atoms with Crippen molar-refractivity contribution >= 4 is 40.4 Å². The summed E-state index contributed by atoms with van der Waals surface area (Å²) in [6, 6.07) is 17.0. The predicted molar refractivity (Wildman–Crippen MR) is 205 cm³/mol. The van der Waals surface area contributed by atoms with Gasteiger partial charge in [0.05, 0.1) is 24.0 Å². The number of aryl methyl sites for hydroxylation is 2. The van der Waals surface area contributed by atoms with Gasteiger partial charge in [-0.2, -0.15) is 0 Å². The van der Waals surface area contributed by atoms with E-state index in [2.05, 4.69) is 30.9 Å². The van der Waals surface area contributed by atoms with Crippen molar-refractivity contribution in [3.8, 4) is 11.3 Å². The number of hydrogen-bond acceptors (Lipinski definition) is 10. The molecule has 4 aromatic heterocycles. The zero-order valence-electron chi connectivity index (χ0n) is 30.0. The van der Waals surface area contributed by atoms with Crippen LogP contribution in [0, 0.1) is 6.92 Å². The molecule has 0 bridgehead atoms. The number of benzene rings is 1. The molecule has 0 saturated heterocycles. The molecule has 14 heteroatoms. The van der Waals surface area contributed by atoms with Gasteiger partial charge < -0.3 is 37.3 Å². The fourth-order valence-corrected chi connectivity index (χ4v) is 7.49. The lowest BCUT2D eigenvalue weighted by Crippen LogP contribution is -2.58. The smallest absolute Gasteiger partial charge is 0.246 e. The number of carbonyl (C=O) groups is 3. The molecule has 53 heavy (non-hydrogen) atoms. The van der Waals surface area contributed by atoms with Crippen LogP contribution in [0.5, 0.6) is 0 Å². The third-order valence-electron chi connectivity index (χ3n) is 9.49. The van der Waals surface area contributed by atoms with E-state index in [4.69, 9.17) is 16.5 Å². The van der Waals surface area contributed by atoms with E-state index in [0.717, 1.165) is 48.9 Å². The Morgan fingerprint density at radius 3 is 2.58 bits per heavy atom.